The van der Waals surface area contributed by atoms with Gasteiger partial charge in [0.25, 0.3) is 5.91 Å². The van der Waals surface area contributed by atoms with Crippen LogP contribution < -0.4 is 0 Å². The predicted octanol–water partition coefficient (Wildman–Crippen LogP) is 4.73. The molecule has 5 rings (SSSR count). The first-order valence-corrected chi connectivity index (χ1v) is 10.5. The lowest BCUT2D eigenvalue weighted by Crippen LogP contribution is -2.38. The lowest BCUT2D eigenvalue weighted by molar-refractivity contribution is 0.0710. The van der Waals surface area contributed by atoms with Crippen LogP contribution in [0.4, 0.5) is 0 Å². The summed E-state index contributed by atoms with van der Waals surface area (Å²) < 4.78 is 1.76. The topological polar surface area (TPSA) is 66.8 Å². The number of piperidine rings is 1. The van der Waals surface area contributed by atoms with Crippen LogP contribution in [0.2, 0.25) is 5.02 Å². The molecule has 30 heavy (non-hydrogen) atoms. The standard InChI is InChI=1S/C23H22ClN5O/c1-15-19(14-25-29(15)18-6-4-5-17(24)13-18)23(30)28-11-9-16(10-12-28)22-26-20-7-2-3-8-21(20)27-22/h2-8,13-14,16H,9-12H2,1H3,(H,26,27). The largest absolute Gasteiger partial charge is 0.342 e. The fraction of sp³-hybridized carbons (Fsp3) is 0.261. The number of likely N-dealkylation sites (tertiary alicyclic amines) is 1. The van der Waals surface area contributed by atoms with E-state index in [1.807, 2.05) is 60.4 Å². The molecule has 7 heteroatoms. The van der Waals surface area contributed by atoms with Gasteiger partial charge in [0.15, 0.2) is 0 Å². The lowest BCUT2D eigenvalue weighted by atomic mass is 9.95. The molecule has 152 valence electrons. The Balaban J connectivity index is 1.30. The first kappa shape index (κ1) is 18.9. The zero-order valence-electron chi connectivity index (χ0n) is 16.7. The molecule has 2 aromatic heterocycles. The summed E-state index contributed by atoms with van der Waals surface area (Å²) in [6, 6.07) is 15.6. The van der Waals surface area contributed by atoms with Gasteiger partial charge in [-0.3, -0.25) is 4.79 Å². The molecule has 6 nitrogen and oxygen atoms in total. The van der Waals surface area contributed by atoms with Crippen LogP contribution in [0.5, 0.6) is 0 Å². The zero-order chi connectivity index (χ0) is 20.7. The third-order valence-electron chi connectivity index (χ3n) is 5.87. The van der Waals surface area contributed by atoms with E-state index in [4.69, 9.17) is 16.6 Å². The van der Waals surface area contributed by atoms with E-state index in [0.29, 0.717) is 29.6 Å². The van der Waals surface area contributed by atoms with Crippen LogP contribution in [0, 0.1) is 6.92 Å². The number of H-pyrrole nitrogens is 1. The normalized spacial score (nSPS) is 15.1. The minimum absolute atomic E-state index is 0.0313. The van der Waals surface area contributed by atoms with E-state index in [2.05, 4.69) is 10.1 Å². The molecule has 0 aliphatic carbocycles. The first-order valence-electron chi connectivity index (χ1n) is 10.1. The Kier molecular flexibility index (Phi) is 4.79. The van der Waals surface area contributed by atoms with Crippen molar-refractivity contribution in [3.8, 4) is 5.69 Å². The van der Waals surface area contributed by atoms with Crippen molar-refractivity contribution < 1.29 is 4.79 Å². The highest BCUT2D eigenvalue weighted by atomic mass is 35.5. The number of hydrogen-bond acceptors (Lipinski definition) is 3. The van der Waals surface area contributed by atoms with Gasteiger partial charge in [0.05, 0.1) is 34.2 Å². The molecule has 0 radical (unpaired) electrons. The van der Waals surface area contributed by atoms with Gasteiger partial charge in [-0.1, -0.05) is 29.8 Å². The highest BCUT2D eigenvalue weighted by molar-refractivity contribution is 6.30. The van der Waals surface area contributed by atoms with Crippen LogP contribution in [-0.4, -0.2) is 43.6 Å². The molecule has 4 aromatic rings. The number of benzene rings is 2. The lowest BCUT2D eigenvalue weighted by Gasteiger charge is -2.31. The average Bonchev–Trinajstić information content (AvgIpc) is 3.37. The van der Waals surface area contributed by atoms with E-state index in [0.717, 1.165) is 41.1 Å². The van der Waals surface area contributed by atoms with Gasteiger partial charge < -0.3 is 9.88 Å². The maximum absolute atomic E-state index is 13.1. The number of carbonyl (C=O) groups is 1. The van der Waals surface area contributed by atoms with Crippen LogP contribution >= 0.6 is 11.6 Å². The van der Waals surface area contributed by atoms with Crippen molar-refractivity contribution in [1.29, 1.82) is 0 Å². The summed E-state index contributed by atoms with van der Waals surface area (Å²) >= 11 is 6.10. The van der Waals surface area contributed by atoms with Crippen LogP contribution in [0.3, 0.4) is 0 Å². The van der Waals surface area contributed by atoms with E-state index in [-0.39, 0.29) is 5.91 Å². The molecular weight excluding hydrogens is 398 g/mol. The van der Waals surface area contributed by atoms with Gasteiger partial charge in [0.2, 0.25) is 0 Å². The quantitative estimate of drug-likeness (QED) is 0.522. The fourth-order valence-electron chi connectivity index (χ4n) is 4.18. The zero-order valence-corrected chi connectivity index (χ0v) is 17.4. The number of amides is 1. The summed E-state index contributed by atoms with van der Waals surface area (Å²) in [5, 5.41) is 5.07. The number of fused-ring (bicyclic) bond motifs is 1. The highest BCUT2D eigenvalue weighted by Crippen LogP contribution is 2.29. The number of carbonyl (C=O) groups excluding carboxylic acids is 1. The van der Waals surface area contributed by atoms with Gasteiger partial charge in [-0.25, -0.2) is 9.67 Å². The van der Waals surface area contributed by atoms with E-state index >= 15 is 0 Å². The third kappa shape index (κ3) is 3.37. The molecule has 0 spiro atoms. The van der Waals surface area contributed by atoms with Crippen molar-refractivity contribution in [3.63, 3.8) is 0 Å². The summed E-state index contributed by atoms with van der Waals surface area (Å²) in [6.45, 7) is 3.34. The molecule has 0 saturated carbocycles. The Hall–Kier alpha value is -3.12. The van der Waals surface area contributed by atoms with Gasteiger partial charge >= 0.3 is 0 Å². The number of imidazole rings is 1. The smallest absolute Gasteiger partial charge is 0.257 e. The second-order valence-electron chi connectivity index (χ2n) is 7.74. The monoisotopic (exact) mass is 419 g/mol. The van der Waals surface area contributed by atoms with Crippen molar-refractivity contribution in [2.24, 2.45) is 0 Å². The SMILES string of the molecule is Cc1c(C(=O)N2CCC(c3nc4ccccc4[nH]3)CC2)cnn1-c1cccc(Cl)c1. The molecular formula is C23H22ClN5O. The van der Waals surface area contributed by atoms with E-state index in [9.17, 15) is 4.79 Å². The fourth-order valence-corrected chi connectivity index (χ4v) is 4.36. The maximum atomic E-state index is 13.1. The number of halogens is 1. The molecule has 1 N–H and O–H groups in total. The van der Waals surface area contributed by atoms with Gasteiger partial charge in [0, 0.05) is 24.0 Å². The molecule has 1 aliphatic rings. The molecule has 1 amide bonds. The Labute approximate surface area is 179 Å². The van der Waals surface area contributed by atoms with Crippen LogP contribution in [0.15, 0.2) is 54.7 Å². The average molecular weight is 420 g/mol. The van der Waals surface area contributed by atoms with Crippen molar-refractivity contribution in [1.82, 2.24) is 24.6 Å². The number of para-hydroxylation sites is 2. The van der Waals surface area contributed by atoms with Crippen LogP contribution in [-0.2, 0) is 0 Å². The Morgan fingerprint density at radius 3 is 2.70 bits per heavy atom. The molecule has 1 saturated heterocycles. The molecule has 3 heterocycles. The molecule has 0 atom stereocenters. The number of nitrogens with one attached hydrogen (secondary N) is 1. The van der Waals surface area contributed by atoms with Gasteiger partial charge in [-0.2, -0.15) is 5.10 Å². The van der Waals surface area contributed by atoms with E-state index < -0.39 is 0 Å². The highest BCUT2D eigenvalue weighted by Gasteiger charge is 2.28. The predicted molar refractivity (Wildman–Crippen MR) is 117 cm³/mol. The minimum Gasteiger partial charge on any atom is -0.342 e. The molecule has 0 unspecified atom stereocenters. The maximum Gasteiger partial charge on any atom is 0.257 e. The summed E-state index contributed by atoms with van der Waals surface area (Å²) in [7, 11) is 0. The van der Waals surface area contributed by atoms with E-state index in [1.165, 1.54) is 0 Å². The Morgan fingerprint density at radius 2 is 1.93 bits per heavy atom. The van der Waals surface area contributed by atoms with Crippen molar-refractivity contribution in [3.05, 3.63) is 76.8 Å². The molecule has 1 fully saturated rings. The number of aromatic nitrogens is 4. The number of rotatable bonds is 3. The van der Waals surface area contributed by atoms with Gasteiger partial charge in [-0.15, -0.1) is 0 Å². The summed E-state index contributed by atoms with van der Waals surface area (Å²) in [4.78, 5) is 23.2. The third-order valence-corrected chi connectivity index (χ3v) is 6.10. The van der Waals surface area contributed by atoms with Gasteiger partial charge in [-0.05, 0) is 50.1 Å². The van der Waals surface area contributed by atoms with Crippen LogP contribution in [0.25, 0.3) is 16.7 Å². The number of aromatic amines is 1. The molecule has 0 bridgehead atoms. The van der Waals surface area contributed by atoms with Crippen LogP contribution in [0.1, 0.15) is 40.6 Å². The van der Waals surface area contributed by atoms with E-state index in [1.54, 1.807) is 10.9 Å². The second kappa shape index (κ2) is 7.61. The Bertz CT molecular complexity index is 1190. The van der Waals surface area contributed by atoms with Crippen molar-refractivity contribution in [2.75, 3.05) is 13.1 Å². The first-order chi connectivity index (χ1) is 14.6. The van der Waals surface area contributed by atoms with Crippen molar-refractivity contribution in [2.45, 2.75) is 25.7 Å². The molecule has 1 aliphatic heterocycles. The second-order valence-corrected chi connectivity index (χ2v) is 8.18. The van der Waals surface area contributed by atoms with Crippen molar-refractivity contribution >= 4 is 28.5 Å². The Morgan fingerprint density at radius 1 is 1.13 bits per heavy atom. The number of nitrogens with zero attached hydrogens (tertiary/aromatic N) is 4. The molecule has 2 aromatic carbocycles. The summed E-state index contributed by atoms with van der Waals surface area (Å²) in [5.74, 6) is 1.40. The minimum atomic E-state index is 0.0313. The van der Waals surface area contributed by atoms with Gasteiger partial charge in [0.1, 0.15) is 5.82 Å². The number of hydrogen-bond donors (Lipinski definition) is 1. The summed E-state index contributed by atoms with van der Waals surface area (Å²) in [6.07, 6.45) is 3.45. The summed E-state index contributed by atoms with van der Waals surface area (Å²) in [5.41, 5.74) is 4.37.